The Morgan fingerprint density at radius 3 is 2.68 bits per heavy atom. The molecule has 0 bridgehead atoms. The minimum atomic E-state index is -0.0550. The molecule has 0 spiro atoms. The molecule has 28 heavy (non-hydrogen) atoms. The van der Waals surface area contributed by atoms with E-state index >= 15 is 0 Å². The number of aryl methyl sites for hydroxylation is 1. The smallest absolute Gasteiger partial charge is 0.237 e. The number of piperazine rings is 1. The molecule has 4 rings (SSSR count). The first-order valence-electron chi connectivity index (χ1n) is 10.4. The first kappa shape index (κ1) is 19.7. The number of benzene rings is 1. The van der Waals surface area contributed by atoms with Crippen LogP contribution in [-0.2, 0) is 18.4 Å². The molecule has 1 atom stereocenters. The lowest BCUT2D eigenvalue weighted by Gasteiger charge is -2.37. The zero-order chi connectivity index (χ0) is 19.7. The third-order valence-electron chi connectivity index (χ3n) is 6.34. The molecule has 2 aliphatic rings. The lowest BCUT2D eigenvalue weighted by Crippen LogP contribution is -2.54. The van der Waals surface area contributed by atoms with Gasteiger partial charge in [-0.2, -0.15) is 0 Å². The van der Waals surface area contributed by atoms with E-state index in [4.69, 9.17) is 16.6 Å². The quantitative estimate of drug-likeness (QED) is 0.834. The van der Waals surface area contributed by atoms with Crippen LogP contribution in [0.5, 0.6) is 0 Å². The van der Waals surface area contributed by atoms with Crippen molar-refractivity contribution in [1.29, 1.82) is 0 Å². The van der Waals surface area contributed by atoms with Gasteiger partial charge in [0, 0.05) is 44.3 Å². The molecule has 1 N–H and O–H groups in total. The number of fused-ring (bicyclic) bond motifs is 1. The fraction of sp³-hybridized carbons (Fsp3) is 0.619. The number of carbonyl (C=O) groups is 1. The van der Waals surface area contributed by atoms with Crippen molar-refractivity contribution in [3.05, 3.63) is 29.0 Å². The standard InChI is InChI=1S/C21H30ClN5O/c1-15(21(28)23-17-5-3-4-6-17)27-11-9-26(10-12-27)14-20-24-18-13-16(22)7-8-19(18)25(20)2/h7-8,13,15,17H,3-6,9-12,14H2,1-2H3,(H,23,28). The molecule has 152 valence electrons. The van der Waals surface area contributed by atoms with Gasteiger partial charge in [-0.05, 0) is 38.0 Å². The molecule has 1 aliphatic heterocycles. The zero-order valence-corrected chi connectivity index (χ0v) is 17.6. The van der Waals surface area contributed by atoms with E-state index in [0.717, 1.165) is 67.4 Å². The van der Waals surface area contributed by atoms with E-state index in [9.17, 15) is 4.79 Å². The summed E-state index contributed by atoms with van der Waals surface area (Å²) in [6.45, 7) is 6.58. The number of imidazole rings is 1. The highest BCUT2D eigenvalue weighted by Crippen LogP contribution is 2.21. The fourth-order valence-electron chi connectivity index (χ4n) is 4.43. The van der Waals surface area contributed by atoms with Gasteiger partial charge in [-0.25, -0.2) is 4.98 Å². The van der Waals surface area contributed by atoms with Gasteiger partial charge in [-0.1, -0.05) is 24.4 Å². The Hall–Kier alpha value is -1.63. The molecule has 1 aromatic heterocycles. The fourth-order valence-corrected chi connectivity index (χ4v) is 4.60. The summed E-state index contributed by atoms with van der Waals surface area (Å²) in [5.41, 5.74) is 2.05. The predicted molar refractivity (Wildman–Crippen MR) is 112 cm³/mol. The number of nitrogens with zero attached hydrogens (tertiary/aromatic N) is 4. The maximum absolute atomic E-state index is 12.6. The number of amides is 1. The molecule has 1 aliphatic carbocycles. The van der Waals surface area contributed by atoms with Crippen LogP contribution in [0.15, 0.2) is 18.2 Å². The van der Waals surface area contributed by atoms with Crippen LogP contribution >= 0.6 is 11.6 Å². The van der Waals surface area contributed by atoms with Crippen molar-refractivity contribution in [3.63, 3.8) is 0 Å². The second kappa shape index (κ2) is 8.39. The number of hydrogen-bond donors (Lipinski definition) is 1. The van der Waals surface area contributed by atoms with E-state index in [-0.39, 0.29) is 11.9 Å². The van der Waals surface area contributed by atoms with Crippen LogP contribution in [0.1, 0.15) is 38.4 Å². The lowest BCUT2D eigenvalue weighted by atomic mass is 10.2. The van der Waals surface area contributed by atoms with Crippen molar-refractivity contribution in [2.24, 2.45) is 7.05 Å². The van der Waals surface area contributed by atoms with Crippen LogP contribution in [0, 0.1) is 0 Å². The van der Waals surface area contributed by atoms with Gasteiger partial charge in [-0.3, -0.25) is 14.6 Å². The number of aromatic nitrogens is 2. The van der Waals surface area contributed by atoms with Gasteiger partial charge in [0.05, 0.1) is 23.6 Å². The van der Waals surface area contributed by atoms with E-state index < -0.39 is 0 Å². The van der Waals surface area contributed by atoms with E-state index in [1.165, 1.54) is 12.8 Å². The van der Waals surface area contributed by atoms with Gasteiger partial charge in [0.1, 0.15) is 5.82 Å². The Kier molecular flexibility index (Phi) is 5.90. The number of carbonyl (C=O) groups excluding carboxylic acids is 1. The third kappa shape index (κ3) is 4.19. The van der Waals surface area contributed by atoms with Gasteiger partial charge in [0.15, 0.2) is 0 Å². The summed E-state index contributed by atoms with van der Waals surface area (Å²) < 4.78 is 2.15. The highest BCUT2D eigenvalue weighted by atomic mass is 35.5. The molecule has 6 nitrogen and oxygen atoms in total. The molecular formula is C21H30ClN5O. The molecule has 1 amide bonds. The molecule has 2 fully saturated rings. The molecule has 2 aromatic rings. The molecule has 0 radical (unpaired) electrons. The molecule has 1 aromatic carbocycles. The molecule has 1 saturated carbocycles. The second-order valence-electron chi connectivity index (χ2n) is 8.20. The van der Waals surface area contributed by atoms with E-state index in [1.807, 2.05) is 25.1 Å². The summed E-state index contributed by atoms with van der Waals surface area (Å²) in [7, 11) is 2.06. The minimum Gasteiger partial charge on any atom is -0.352 e. The van der Waals surface area contributed by atoms with Crippen LogP contribution in [0.25, 0.3) is 11.0 Å². The first-order chi connectivity index (χ1) is 13.5. The SMILES string of the molecule is CC(C(=O)NC1CCCC1)N1CCN(Cc2nc3cc(Cl)ccc3n2C)CC1. The van der Waals surface area contributed by atoms with Crippen molar-refractivity contribution in [1.82, 2.24) is 24.7 Å². The van der Waals surface area contributed by atoms with Gasteiger partial charge >= 0.3 is 0 Å². The minimum absolute atomic E-state index is 0.0550. The first-order valence-corrected chi connectivity index (χ1v) is 10.8. The van der Waals surface area contributed by atoms with Crippen molar-refractivity contribution in [2.75, 3.05) is 26.2 Å². The summed E-state index contributed by atoms with van der Waals surface area (Å²) in [4.78, 5) is 22.0. The van der Waals surface area contributed by atoms with Crippen LogP contribution in [0.3, 0.4) is 0 Å². The van der Waals surface area contributed by atoms with Crippen LogP contribution in [0.4, 0.5) is 0 Å². The number of rotatable bonds is 5. The van der Waals surface area contributed by atoms with E-state index in [1.54, 1.807) is 0 Å². The van der Waals surface area contributed by atoms with Gasteiger partial charge in [-0.15, -0.1) is 0 Å². The average molecular weight is 404 g/mol. The Labute approximate surface area is 171 Å². The molecular weight excluding hydrogens is 374 g/mol. The Morgan fingerprint density at radius 1 is 1.25 bits per heavy atom. The van der Waals surface area contributed by atoms with Crippen molar-refractivity contribution < 1.29 is 4.79 Å². The van der Waals surface area contributed by atoms with Crippen LogP contribution in [0.2, 0.25) is 5.02 Å². The van der Waals surface area contributed by atoms with Gasteiger partial charge < -0.3 is 9.88 Å². The number of halogens is 1. The van der Waals surface area contributed by atoms with Crippen molar-refractivity contribution in [2.45, 2.75) is 51.2 Å². The maximum Gasteiger partial charge on any atom is 0.237 e. The third-order valence-corrected chi connectivity index (χ3v) is 6.57. The highest BCUT2D eigenvalue weighted by Gasteiger charge is 2.28. The summed E-state index contributed by atoms with van der Waals surface area (Å²) in [5, 5.41) is 3.95. The Morgan fingerprint density at radius 2 is 1.96 bits per heavy atom. The highest BCUT2D eigenvalue weighted by molar-refractivity contribution is 6.31. The summed E-state index contributed by atoms with van der Waals surface area (Å²) in [5.74, 6) is 1.24. The van der Waals surface area contributed by atoms with Gasteiger partial charge in [0.25, 0.3) is 0 Å². The maximum atomic E-state index is 12.6. The van der Waals surface area contributed by atoms with Crippen LogP contribution in [-0.4, -0.2) is 63.5 Å². The van der Waals surface area contributed by atoms with Crippen LogP contribution < -0.4 is 5.32 Å². The van der Waals surface area contributed by atoms with Crippen molar-refractivity contribution >= 4 is 28.5 Å². The van der Waals surface area contributed by atoms with Gasteiger partial charge in [0.2, 0.25) is 5.91 Å². The summed E-state index contributed by atoms with van der Waals surface area (Å²) in [6, 6.07) is 6.19. The lowest BCUT2D eigenvalue weighted by molar-refractivity contribution is -0.127. The monoisotopic (exact) mass is 403 g/mol. The van der Waals surface area contributed by atoms with E-state index in [2.05, 4.69) is 26.7 Å². The average Bonchev–Trinajstić information content (AvgIpc) is 3.30. The summed E-state index contributed by atoms with van der Waals surface area (Å²) >= 11 is 6.10. The molecule has 1 unspecified atom stereocenters. The molecule has 1 saturated heterocycles. The molecule has 2 heterocycles. The van der Waals surface area contributed by atoms with Crippen molar-refractivity contribution in [3.8, 4) is 0 Å². The Bertz CT molecular complexity index is 837. The zero-order valence-electron chi connectivity index (χ0n) is 16.8. The predicted octanol–water partition coefficient (Wildman–Crippen LogP) is 2.79. The van der Waals surface area contributed by atoms with E-state index in [0.29, 0.717) is 6.04 Å². The number of nitrogens with one attached hydrogen (secondary N) is 1. The summed E-state index contributed by atoms with van der Waals surface area (Å²) in [6.07, 6.45) is 4.75. The molecule has 7 heteroatoms. The largest absolute Gasteiger partial charge is 0.352 e. The Balaban J connectivity index is 1.31. The second-order valence-corrected chi connectivity index (χ2v) is 8.63. The number of hydrogen-bond acceptors (Lipinski definition) is 4. The normalized spacial score (nSPS) is 20.7. The topological polar surface area (TPSA) is 53.4 Å².